The third-order valence-electron chi connectivity index (χ3n) is 2.32. The molecule has 0 saturated heterocycles. The summed E-state index contributed by atoms with van der Waals surface area (Å²) in [5.74, 6) is 1.26. The van der Waals surface area contributed by atoms with E-state index in [-0.39, 0.29) is 0 Å². The Morgan fingerprint density at radius 3 is 2.85 bits per heavy atom. The lowest BCUT2D eigenvalue weighted by Gasteiger charge is -2.02. The van der Waals surface area contributed by atoms with Crippen LogP contribution in [-0.4, -0.2) is 12.2 Å². The number of rotatable bonds is 1. The molecule has 2 heteroatoms. The molecule has 0 aliphatic heterocycles. The number of benzene rings is 1. The summed E-state index contributed by atoms with van der Waals surface area (Å²) in [6, 6.07) is 3.85. The van der Waals surface area contributed by atoms with Crippen molar-refractivity contribution in [1.29, 1.82) is 0 Å². The first-order chi connectivity index (χ1) is 6.20. The van der Waals surface area contributed by atoms with Crippen molar-refractivity contribution >= 4 is 6.08 Å². The fourth-order valence-corrected chi connectivity index (χ4v) is 1.70. The minimum atomic E-state index is 0.349. The summed E-state index contributed by atoms with van der Waals surface area (Å²) in [6.07, 6.45) is 2.69. The van der Waals surface area contributed by atoms with Gasteiger partial charge in [-0.15, -0.1) is 0 Å². The summed E-state index contributed by atoms with van der Waals surface area (Å²) in [4.78, 5) is 0. The second-order valence-corrected chi connectivity index (χ2v) is 3.35. The van der Waals surface area contributed by atoms with Gasteiger partial charge in [-0.05, 0) is 30.2 Å². The van der Waals surface area contributed by atoms with Gasteiger partial charge in [0.25, 0.3) is 0 Å². The van der Waals surface area contributed by atoms with Gasteiger partial charge in [0, 0.05) is 12.0 Å². The zero-order valence-electron chi connectivity index (χ0n) is 7.79. The van der Waals surface area contributed by atoms with Crippen LogP contribution in [0.3, 0.4) is 0 Å². The monoisotopic (exact) mass is 176 g/mol. The highest BCUT2D eigenvalue weighted by Crippen LogP contribution is 2.32. The number of hydrogen-bond donors (Lipinski definition) is 1. The summed E-state index contributed by atoms with van der Waals surface area (Å²) in [6.45, 7) is 1.98. The average molecular weight is 176 g/mol. The van der Waals surface area contributed by atoms with Crippen LogP contribution in [0, 0.1) is 6.92 Å². The largest absolute Gasteiger partial charge is 0.507 e. The second-order valence-electron chi connectivity index (χ2n) is 3.35. The fraction of sp³-hybridized carbons (Fsp3) is 0.273. The number of aryl methyl sites for hydroxylation is 1. The molecular weight excluding hydrogens is 164 g/mol. The predicted octanol–water partition coefficient (Wildman–Crippen LogP) is 2.24. The van der Waals surface area contributed by atoms with E-state index in [1.807, 2.05) is 13.0 Å². The molecule has 0 unspecified atom stereocenters. The molecule has 0 amide bonds. The molecular formula is C11H12O2. The maximum absolute atomic E-state index is 9.63. The highest BCUT2D eigenvalue weighted by atomic mass is 16.5. The summed E-state index contributed by atoms with van der Waals surface area (Å²) < 4.78 is 5.14. The van der Waals surface area contributed by atoms with Crippen LogP contribution < -0.4 is 0 Å². The van der Waals surface area contributed by atoms with Crippen LogP contribution in [0.4, 0.5) is 0 Å². The van der Waals surface area contributed by atoms with E-state index < -0.39 is 0 Å². The lowest BCUT2D eigenvalue weighted by atomic mass is 10.1. The summed E-state index contributed by atoms with van der Waals surface area (Å²) in [7, 11) is 1.65. The minimum absolute atomic E-state index is 0.349. The van der Waals surface area contributed by atoms with Crippen molar-refractivity contribution in [3.05, 3.63) is 34.6 Å². The Morgan fingerprint density at radius 1 is 1.38 bits per heavy atom. The minimum Gasteiger partial charge on any atom is -0.507 e. The highest BCUT2D eigenvalue weighted by Gasteiger charge is 2.16. The molecule has 68 valence electrons. The SMILES string of the molecule is COC1=Cc2c(O)cc(C)cc2C1. The van der Waals surface area contributed by atoms with E-state index in [1.54, 1.807) is 13.2 Å². The molecule has 0 bridgehead atoms. The first-order valence-electron chi connectivity index (χ1n) is 4.28. The number of aromatic hydroxyl groups is 1. The van der Waals surface area contributed by atoms with Crippen molar-refractivity contribution < 1.29 is 9.84 Å². The number of hydrogen-bond acceptors (Lipinski definition) is 2. The van der Waals surface area contributed by atoms with E-state index in [2.05, 4.69) is 6.07 Å². The van der Waals surface area contributed by atoms with Crippen molar-refractivity contribution in [3.8, 4) is 5.75 Å². The summed E-state index contributed by atoms with van der Waals surface area (Å²) in [5.41, 5.74) is 3.14. The van der Waals surface area contributed by atoms with Crippen molar-refractivity contribution in [1.82, 2.24) is 0 Å². The first kappa shape index (κ1) is 8.17. The number of phenolic OH excluding ortho intramolecular Hbond substituents is 1. The third kappa shape index (κ3) is 1.28. The zero-order valence-corrected chi connectivity index (χ0v) is 7.79. The van der Waals surface area contributed by atoms with Gasteiger partial charge in [0.1, 0.15) is 11.5 Å². The Labute approximate surface area is 77.5 Å². The highest BCUT2D eigenvalue weighted by molar-refractivity contribution is 5.68. The lowest BCUT2D eigenvalue weighted by molar-refractivity contribution is 0.289. The number of phenols is 1. The van der Waals surface area contributed by atoms with Crippen molar-refractivity contribution in [2.24, 2.45) is 0 Å². The van der Waals surface area contributed by atoms with Crippen molar-refractivity contribution in [2.45, 2.75) is 13.3 Å². The predicted molar refractivity (Wildman–Crippen MR) is 51.5 cm³/mol. The molecule has 1 aliphatic rings. The van der Waals surface area contributed by atoms with E-state index in [4.69, 9.17) is 4.74 Å². The number of fused-ring (bicyclic) bond motifs is 1. The normalized spacial score (nSPS) is 13.8. The topological polar surface area (TPSA) is 29.5 Å². The maximum Gasteiger partial charge on any atom is 0.123 e. The van der Waals surface area contributed by atoms with E-state index in [9.17, 15) is 5.11 Å². The van der Waals surface area contributed by atoms with Gasteiger partial charge in [-0.25, -0.2) is 0 Å². The molecule has 0 aromatic heterocycles. The van der Waals surface area contributed by atoms with E-state index >= 15 is 0 Å². The molecule has 0 spiro atoms. The molecule has 0 atom stereocenters. The van der Waals surface area contributed by atoms with Gasteiger partial charge >= 0.3 is 0 Å². The molecule has 1 aromatic rings. The molecule has 0 saturated carbocycles. The molecule has 2 nitrogen and oxygen atoms in total. The fourth-order valence-electron chi connectivity index (χ4n) is 1.70. The van der Waals surface area contributed by atoms with Gasteiger partial charge < -0.3 is 9.84 Å². The number of methoxy groups -OCH3 is 1. The zero-order chi connectivity index (χ0) is 9.42. The van der Waals surface area contributed by atoms with Crippen molar-refractivity contribution in [2.75, 3.05) is 7.11 Å². The van der Waals surface area contributed by atoms with E-state index in [0.717, 1.165) is 28.9 Å². The van der Waals surface area contributed by atoms with Crippen molar-refractivity contribution in [3.63, 3.8) is 0 Å². The van der Waals surface area contributed by atoms with Gasteiger partial charge in [0.2, 0.25) is 0 Å². The van der Waals surface area contributed by atoms with Crippen LogP contribution in [0.25, 0.3) is 6.08 Å². The van der Waals surface area contributed by atoms with Gasteiger partial charge in [0.05, 0.1) is 7.11 Å². The Bertz CT molecular complexity index is 378. The summed E-state index contributed by atoms with van der Waals surface area (Å²) >= 11 is 0. The van der Waals surface area contributed by atoms with Crippen LogP contribution >= 0.6 is 0 Å². The summed E-state index contributed by atoms with van der Waals surface area (Å²) in [5, 5.41) is 9.63. The van der Waals surface area contributed by atoms with Crippen LogP contribution in [-0.2, 0) is 11.2 Å². The van der Waals surface area contributed by atoms with Gasteiger partial charge in [-0.3, -0.25) is 0 Å². The molecule has 2 rings (SSSR count). The third-order valence-corrected chi connectivity index (χ3v) is 2.32. The number of ether oxygens (including phenoxy) is 1. The standard InChI is InChI=1S/C11H12O2/c1-7-3-8-5-9(13-2)6-10(8)11(12)4-7/h3-4,6,12H,5H2,1-2H3. The molecule has 0 fully saturated rings. The molecule has 0 heterocycles. The molecule has 1 N–H and O–H groups in total. The van der Waals surface area contributed by atoms with Gasteiger partial charge in [-0.2, -0.15) is 0 Å². The molecule has 1 aromatic carbocycles. The Balaban J connectivity index is 2.50. The lowest BCUT2D eigenvalue weighted by Crippen LogP contribution is -1.87. The smallest absolute Gasteiger partial charge is 0.123 e. The van der Waals surface area contributed by atoms with Crippen LogP contribution in [0.15, 0.2) is 17.9 Å². The van der Waals surface area contributed by atoms with Crippen LogP contribution in [0.2, 0.25) is 0 Å². The quantitative estimate of drug-likeness (QED) is 0.711. The molecule has 1 aliphatic carbocycles. The molecule has 0 radical (unpaired) electrons. The van der Waals surface area contributed by atoms with Gasteiger partial charge in [0.15, 0.2) is 0 Å². The van der Waals surface area contributed by atoms with E-state index in [1.165, 1.54) is 0 Å². The van der Waals surface area contributed by atoms with Crippen LogP contribution in [0.1, 0.15) is 16.7 Å². The molecule has 13 heavy (non-hydrogen) atoms. The second kappa shape index (κ2) is 2.80. The van der Waals surface area contributed by atoms with Crippen LogP contribution in [0.5, 0.6) is 5.75 Å². The average Bonchev–Trinajstić information content (AvgIpc) is 2.47. The van der Waals surface area contributed by atoms with Gasteiger partial charge in [-0.1, -0.05) is 6.07 Å². The first-order valence-corrected chi connectivity index (χ1v) is 4.28. The Kier molecular flexibility index (Phi) is 1.76. The Morgan fingerprint density at radius 2 is 2.15 bits per heavy atom. The van der Waals surface area contributed by atoms with E-state index in [0.29, 0.717) is 5.75 Å². The number of allylic oxidation sites excluding steroid dienone is 1. The Hall–Kier alpha value is -1.44. The maximum atomic E-state index is 9.63.